The normalized spacial score (nSPS) is 18.9. The number of rotatable bonds is 5. The van der Waals surface area contributed by atoms with Crippen molar-refractivity contribution in [2.45, 2.75) is 19.0 Å². The quantitative estimate of drug-likeness (QED) is 0.835. The van der Waals surface area contributed by atoms with E-state index in [1.165, 1.54) is 5.56 Å². The summed E-state index contributed by atoms with van der Waals surface area (Å²) >= 11 is 0. The van der Waals surface area contributed by atoms with Gasteiger partial charge in [-0.05, 0) is 24.1 Å². The minimum absolute atomic E-state index is 0.0943. The van der Waals surface area contributed by atoms with E-state index >= 15 is 0 Å². The Morgan fingerprint density at radius 3 is 2.88 bits per heavy atom. The number of nitrogens with one attached hydrogen (secondary N) is 1. The number of hydrogen-bond acceptors (Lipinski definition) is 4. The highest BCUT2D eigenvalue weighted by atomic mass is 16.5. The van der Waals surface area contributed by atoms with Crippen molar-refractivity contribution in [2.75, 3.05) is 19.8 Å². The van der Waals surface area contributed by atoms with Crippen LogP contribution in [0.5, 0.6) is 5.75 Å². The van der Waals surface area contributed by atoms with Gasteiger partial charge in [-0.25, -0.2) is 0 Å². The monoisotopic (exact) mass is 232 g/mol. The standard InChI is InChI=1S/C13H16N2O2/c14-6-8-17-13-3-1-11(2-4-13)9-15-12-5-7-16-10-12/h1-4,12,15H,5,7-10H2. The van der Waals surface area contributed by atoms with E-state index in [4.69, 9.17) is 14.7 Å². The molecular formula is C13H16N2O2. The minimum atomic E-state index is 0.0943. The van der Waals surface area contributed by atoms with Gasteiger partial charge in [0.2, 0.25) is 0 Å². The largest absolute Gasteiger partial charge is 0.479 e. The van der Waals surface area contributed by atoms with Crippen LogP contribution in [0.1, 0.15) is 12.0 Å². The summed E-state index contributed by atoms with van der Waals surface area (Å²) in [5.41, 5.74) is 1.21. The fourth-order valence-electron chi connectivity index (χ4n) is 1.78. The maximum absolute atomic E-state index is 8.39. The highest BCUT2D eigenvalue weighted by Crippen LogP contribution is 2.12. The second kappa shape index (κ2) is 6.24. The van der Waals surface area contributed by atoms with Gasteiger partial charge in [0.15, 0.2) is 6.61 Å². The molecule has 1 N–H and O–H groups in total. The van der Waals surface area contributed by atoms with Gasteiger partial charge < -0.3 is 14.8 Å². The SMILES string of the molecule is N#CCOc1ccc(CNC2CCOC2)cc1. The molecule has 4 heteroatoms. The van der Waals surface area contributed by atoms with Crippen LogP contribution in [0.4, 0.5) is 0 Å². The molecule has 1 saturated heterocycles. The van der Waals surface area contributed by atoms with Gasteiger partial charge >= 0.3 is 0 Å². The van der Waals surface area contributed by atoms with Crippen molar-refractivity contribution in [3.8, 4) is 11.8 Å². The molecule has 1 aromatic carbocycles. The average molecular weight is 232 g/mol. The van der Waals surface area contributed by atoms with Gasteiger partial charge in [0.05, 0.1) is 6.61 Å². The molecule has 0 saturated carbocycles. The lowest BCUT2D eigenvalue weighted by molar-refractivity contribution is 0.190. The van der Waals surface area contributed by atoms with Gasteiger partial charge in [-0.1, -0.05) is 12.1 Å². The first kappa shape index (κ1) is 11.9. The van der Waals surface area contributed by atoms with E-state index in [0.717, 1.165) is 31.9 Å². The fraction of sp³-hybridized carbons (Fsp3) is 0.462. The van der Waals surface area contributed by atoms with Crippen LogP contribution >= 0.6 is 0 Å². The second-order valence-corrected chi connectivity index (χ2v) is 4.03. The van der Waals surface area contributed by atoms with Crippen LogP contribution in [-0.2, 0) is 11.3 Å². The van der Waals surface area contributed by atoms with E-state index in [1.54, 1.807) is 0 Å². The maximum Gasteiger partial charge on any atom is 0.174 e. The van der Waals surface area contributed by atoms with Gasteiger partial charge in [-0.15, -0.1) is 0 Å². The molecule has 0 amide bonds. The van der Waals surface area contributed by atoms with Crippen LogP contribution in [0.15, 0.2) is 24.3 Å². The summed E-state index contributed by atoms with van der Waals surface area (Å²) < 4.78 is 10.5. The maximum atomic E-state index is 8.39. The zero-order valence-electron chi connectivity index (χ0n) is 9.69. The topological polar surface area (TPSA) is 54.3 Å². The summed E-state index contributed by atoms with van der Waals surface area (Å²) in [5, 5.41) is 11.8. The lowest BCUT2D eigenvalue weighted by atomic mass is 10.2. The summed E-state index contributed by atoms with van der Waals surface area (Å²) in [6, 6.07) is 10.2. The lowest BCUT2D eigenvalue weighted by Crippen LogP contribution is -2.28. The minimum Gasteiger partial charge on any atom is -0.479 e. The molecule has 1 fully saturated rings. The van der Waals surface area contributed by atoms with Gasteiger partial charge in [0.25, 0.3) is 0 Å². The van der Waals surface area contributed by atoms with Crippen molar-refractivity contribution in [2.24, 2.45) is 0 Å². The molecule has 1 atom stereocenters. The molecule has 4 nitrogen and oxygen atoms in total. The number of nitrogens with zero attached hydrogens (tertiary/aromatic N) is 1. The molecule has 0 radical (unpaired) electrons. The van der Waals surface area contributed by atoms with Crippen LogP contribution in [0, 0.1) is 11.3 Å². The van der Waals surface area contributed by atoms with Crippen LogP contribution in [-0.4, -0.2) is 25.9 Å². The molecule has 1 aliphatic rings. The first-order chi connectivity index (χ1) is 8.38. The van der Waals surface area contributed by atoms with Gasteiger partial charge in [-0.2, -0.15) is 5.26 Å². The highest BCUT2D eigenvalue weighted by molar-refractivity contribution is 5.27. The highest BCUT2D eigenvalue weighted by Gasteiger charge is 2.14. The van der Waals surface area contributed by atoms with Crippen molar-refractivity contribution in [3.63, 3.8) is 0 Å². The first-order valence-electron chi connectivity index (χ1n) is 5.78. The predicted octanol–water partition coefficient (Wildman–Crippen LogP) is 1.47. The lowest BCUT2D eigenvalue weighted by Gasteiger charge is -2.10. The molecule has 2 rings (SSSR count). The second-order valence-electron chi connectivity index (χ2n) is 4.03. The smallest absolute Gasteiger partial charge is 0.174 e. The van der Waals surface area contributed by atoms with E-state index in [9.17, 15) is 0 Å². The number of nitriles is 1. The summed E-state index contributed by atoms with van der Waals surface area (Å²) in [4.78, 5) is 0. The van der Waals surface area contributed by atoms with Crippen molar-refractivity contribution < 1.29 is 9.47 Å². The predicted molar refractivity (Wildman–Crippen MR) is 63.6 cm³/mol. The Hall–Kier alpha value is -1.57. The Labute approximate surface area is 101 Å². The molecule has 17 heavy (non-hydrogen) atoms. The Morgan fingerprint density at radius 2 is 2.24 bits per heavy atom. The van der Waals surface area contributed by atoms with Crippen molar-refractivity contribution >= 4 is 0 Å². The summed E-state index contributed by atoms with van der Waals surface area (Å²) in [6.07, 6.45) is 1.09. The molecular weight excluding hydrogens is 216 g/mol. The summed E-state index contributed by atoms with van der Waals surface area (Å²) in [7, 11) is 0. The van der Waals surface area contributed by atoms with Crippen molar-refractivity contribution in [3.05, 3.63) is 29.8 Å². The van der Waals surface area contributed by atoms with Crippen LogP contribution in [0.25, 0.3) is 0 Å². The van der Waals surface area contributed by atoms with Crippen molar-refractivity contribution in [1.29, 1.82) is 5.26 Å². The molecule has 0 bridgehead atoms. The molecule has 0 spiro atoms. The number of benzene rings is 1. The fourth-order valence-corrected chi connectivity index (χ4v) is 1.78. The molecule has 1 aromatic rings. The van der Waals surface area contributed by atoms with Crippen molar-refractivity contribution in [1.82, 2.24) is 5.32 Å². The summed E-state index contributed by atoms with van der Waals surface area (Å²) in [6.45, 7) is 2.60. The molecule has 1 heterocycles. The van der Waals surface area contributed by atoms with Gasteiger partial charge in [0.1, 0.15) is 11.8 Å². The molecule has 0 aromatic heterocycles. The number of hydrogen-bond donors (Lipinski definition) is 1. The van der Waals surface area contributed by atoms with E-state index in [-0.39, 0.29) is 6.61 Å². The van der Waals surface area contributed by atoms with Crippen LogP contribution in [0.2, 0.25) is 0 Å². The van der Waals surface area contributed by atoms with Gasteiger partial charge in [0, 0.05) is 19.2 Å². The van der Waals surface area contributed by atoms with E-state index in [2.05, 4.69) is 5.32 Å². The van der Waals surface area contributed by atoms with E-state index in [0.29, 0.717) is 6.04 Å². The third-order valence-corrected chi connectivity index (χ3v) is 2.75. The number of ether oxygens (including phenoxy) is 2. The molecule has 1 unspecified atom stereocenters. The Kier molecular flexibility index (Phi) is 4.37. The Morgan fingerprint density at radius 1 is 1.41 bits per heavy atom. The third-order valence-electron chi connectivity index (χ3n) is 2.75. The zero-order valence-corrected chi connectivity index (χ0v) is 9.69. The average Bonchev–Trinajstić information content (AvgIpc) is 2.88. The summed E-state index contributed by atoms with van der Waals surface area (Å²) in [5.74, 6) is 0.736. The van der Waals surface area contributed by atoms with Gasteiger partial charge in [-0.3, -0.25) is 0 Å². The molecule has 90 valence electrons. The molecule has 0 aliphatic carbocycles. The third kappa shape index (κ3) is 3.74. The Bertz CT molecular complexity index is 377. The molecule has 1 aliphatic heterocycles. The van der Waals surface area contributed by atoms with Crippen LogP contribution < -0.4 is 10.1 Å². The van der Waals surface area contributed by atoms with E-state index in [1.807, 2.05) is 30.3 Å². The zero-order chi connectivity index (χ0) is 11.9. The Balaban J connectivity index is 1.79. The van der Waals surface area contributed by atoms with Crippen LogP contribution in [0.3, 0.4) is 0 Å². The van der Waals surface area contributed by atoms with E-state index < -0.39 is 0 Å². The first-order valence-corrected chi connectivity index (χ1v) is 5.78.